The summed E-state index contributed by atoms with van der Waals surface area (Å²) in [6, 6.07) is 12.8. The Morgan fingerprint density at radius 2 is 1.56 bits per heavy atom. The number of aromatic amines is 1. The van der Waals surface area contributed by atoms with Crippen molar-refractivity contribution in [1.29, 1.82) is 0 Å². The zero-order valence-electron chi connectivity index (χ0n) is 25.0. The summed E-state index contributed by atoms with van der Waals surface area (Å²) in [5.74, 6) is 0.593. The molecular weight excluding hydrogens is 514 g/mol. The Balaban J connectivity index is 0.000000166. The minimum Gasteiger partial charge on any atom is -0.384 e. The van der Waals surface area contributed by atoms with Crippen molar-refractivity contribution in [3.05, 3.63) is 79.4 Å². The number of benzene rings is 2. The van der Waals surface area contributed by atoms with Gasteiger partial charge in [-0.05, 0) is 75.4 Å². The van der Waals surface area contributed by atoms with Crippen molar-refractivity contribution in [2.45, 2.75) is 59.2 Å². The molecule has 0 aliphatic carbocycles. The van der Waals surface area contributed by atoms with E-state index >= 15 is 0 Å². The standard InChI is InChI=1S/C18H24N2O2.C15H19N3O/c1-12(2)9-13-6-7-14-16(10-13)20(11-22-3)18(21)15-5-4-8-19-17(14)15;1-18(2)9-10-5-6-11-13(8-10)17-15(19)12-4-3-7-16-14(11)12/h6-7,10,12,19H,4-5,8-9,11H2,1-3H3;5-6,8,16H,3-4,7,9H2,1-2H3,(H,17,19). The molecule has 6 rings (SSSR count). The summed E-state index contributed by atoms with van der Waals surface area (Å²) >= 11 is 0. The van der Waals surface area contributed by atoms with Gasteiger partial charge in [0.05, 0.1) is 22.4 Å². The van der Waals surface area contributed by atoms with E-state index in [-0.39, 0.29) is 11.1 Å². The van der Waals surface area contributed by atoms with Crippen LogP contribution in [0.2, 0.25) is 0 Å². The molecule has 2 aliphatic heterocycles. The topological polar surface area (TPSA) is 91.4 Å². The molecule has 0 unspecified atom stereocenters. The van der Waals surface area contributed by atoms with Gasteiger partial charge >= 0.3 is 0 Å². The van der Waals surface area contributed by atoms with Gasteiger partial charge in [0.2, 0.25) is 0 Å². The molecule has 8 nitrogen and oxygen atoms in total. The van der Waals surface area contributed by atoms with Gasteiger partial charge in [0.15, 0.2) is 0 Å². The molecule has 4 aromatic rings. The van der Waals surface area contributed by atoms with E-state index in [4.69, 9.17) is 4.74 Å². The number of ether oxygens (including phenoxy) is 1. The number of pyridine rings is 2. The van der Waals surface area contributed by atoms with Crippen LogP contribution in [0.4, 0.5) is 11.4 Å². The number of nitrogens with zero attached hydrogens (tertiary/aromatic N) is 2. The third-order valence-corrected chi connectivity index (χ3v) is 7.82. The van der Waals surface area contributed by atoms with Crippen molar-refractivity contribution >= 4 is 33.2 Å². The van der Waals surface area contributed by atoms with Crippen LogP contribution in [0.5, 0.6) is 0 Å². The lowest BCUT2D eigenvalue weighted by atomic mass is 9.97. The summed E-state index contributed by atoms with van der Waals surface area (Å²) in [6.45, 7) is 7.48. The number of hydrogen-bond donors (Lipinski definition) is 3. The molecule has 2 aromatic carbocycles. The average molecular weight is 558 g/mol. The van der Waals surface area contributed by atoms with Crippen LogP contribution in [-0.4, -0.2) is 48.7 Å². The van der Waals surface area contributed by atoms with Crippen molar-refractivity contribution in [3.63, 3.8) is 0 Å². The quantitative estimate of drug-likeness (QED) is 0.305. The second kappa shape index (κ2) is 12.5. The zero-order valence-corrected chi connectivity index (χ0v) is 25.0. The molecule has 0 atom stereocenters. The first kappa shape index (κ1) is 28.9. The van der Waals surface area contributed by atoms with Crippen LogP contribution in [0.3, 0.4) is 0 Å². The van der Waals surface area contributed by atoms with Crippen LogP contribution in [0, 0.1) is 5.92 Å². The van der Waals surface area contributed by atoms with Gasteiger partial charge in [-0.15, -0.1) is 0 Å². The molecule has 0 radical (unpaired) electrons. The summed E-state index contributed by atoms with van der Waals surface area (Å²) < 4.78 is 7.04. The second-order valence-corrected chi connectivity index (χ2v) is 11.9. The number of H-pyrrole nitrogens is 1. The SMILES string of the molecule is CN(C)Cc1ccc2c3c(c(=O)[nH]c2c1)CCCN3.COCn1c(=O)c2c(c3ccc(CC(C)C)cc31)NCCC2. The van der Waals surface area contributed by atoms with Gasteiger partial charge in [-0.2, -0.15) is 0 Å². The maximum Gasteiger partial charge on any atom is 0.258 e. The van der Waals surface area contributed by atoms with Crippen molar-refractivity contribution in [3.8, 4) is 0 Å². The van der Waals surface area contributed by atoms with Gasteiger partial charge in [0.1, 0.15) is 6.73 Å². The zero-order chi connectivity index (χ0) is 29.1. The maximum absolute atomic E-state index is 12.8. The summed E-state index contributed by atoms with van der Waals surface area (Å²) in [6.07, 6.45) is 4.76. The van der Waals surface area contributed by atoms with E-state index in [2.05, 4.69) is 70.8 Å². The molecule has 0 spiro atoms. The molecule has 0 bridgehead atoms. The summed E-state index contributed by atoms with van der Waals surface area (Å²) in [7, 11) is 5.72. The predicted molar refractivity (Wildman–Crippen MR) is 169 cm³/mol. The summed E-state index contributed by atoms with van der Waals surface area (Å²) in [4.78, 5) is 30.0. The molecule has 218 valence electrons. The molecule has 41 heavy (non-hydrogen) atoms. The highest BCUT2D eigenvalue weighted by Gasteiger charge is 2.20. The lowest BCUT2D eigenvalue weighted by Crippen LogP contribution is -2.29. The monoisotopic (exact) mass is 557 g/mol. The Hall–Kier alpha value is -3.62. The smallest absolute Gasteiger partial charge is 0.258 e. The van der Waals surface area contributed by atoms with Gasteiger partial charge < -0.3 is 25.3 Å². The number of aromatic nitrogens is 2. The van der Waals surface area contributed by atoms with Gasteiger partial charge in [0.25, 0.3) is 11.1 Å². The van der Waals surface area contributed by atoms with Crippen LogP contribution in [0.15, 0.2) is 46.0 Å². The normalized spacial score (nSPS) is 14.3. The third-order valence-electron chi connectivity index (χ3n) is 7.82. The number of hydrogen-bond acceptors (Lipinski definition) is 6. The molecule has 0 fully saturated rings. The number of anilines is 2. The molecule has 8 heteroatoms. The Morgan fingerprint density at radius 1 is 0.902 bits per heavy atom. The van der Waals surface area contributed by atoms with E-state index in [1.165, 1.54) is 11.1 Å². The van der Waals surface area contributed by atoms with Crippen molar-refractivity contribution in [1.82, 2.24) is 14.5 Å². The molecule has 2 aliphatic rings. The predicted octanol–water partition coefficient (Wildman–Crippen LogP) is 5.11. The third kappa shape index (κ3) is 6.19. The maximum atomic E-state index is 12.8. The van der Waals surface area contributed by atoms with E-state index in [1.54, 1.807) is 11.7 Å². The number of fused-ring (bicyclic) bond motifs is 6. The van der Waals surface area contributed by atoms with E-state index in [0.29, 0.717) is 12.6 Å². The second-order valence-electron chi connectivity index (χ2n) is 11.9. The van der Waals surface area contributed by atoms with Crippen molar-refractivity contribution in [2.75, 3.05) is 44.9 Å². The Labute approximate surface area is 241 Å². The summed E-state index contributed by atoms with van der Waals surface area (Å²) in [5, 5.41) is 9.04. The highest BCUT2D eigenvalue weighted by Crippen LogP contribution is 2.30. The number of methoxy groups -OCH3 is 1. The van der Waals surface area contributed by atoms with Gasteiger partial charge in [-0.1, -0.05) is 38.1 Å². The van der Waals surface area contributed by atoms with E-state index in [9.17, 15) is 9.59 Å². The fraction of sp³-hybridized carbons (Fsp3) is 0.455. The fourth-order valence-electron chi connectivity index (χ4n) is 6.09. The van der Waals surface area contributed by atoms with Crippen molar-refractivity contribution < 1.29 is 4.74 Å². The molecule has 3 N–H and O–H groups in total. The molecule has 0 saturated carbocycles. The van der Waals surface area contributed by atoms with Gasteiger partial charge in [-0.3, -0.25) is 14.2 Å². The van der Waals surface area contributed by atoms with E-state index < -0.39 is 0 Å². The number of rotatable bonds is 6. The van der Waals surface area contributed by atoms with E-state index in [1.807, 2.05) is 14.1 Å². The first-order valence-electron chi connectivity index (χ1n) is 14.7. The molecule has 0 amide bonds. The molecule has 2 aromatic heterocycles. The first-order chi connectivity index (χ1) is 19.8. The Bertz CT molecular complexity index is 1670. The lowest BCUT2D eigenvalue weighted by molar-refractivity contribution is 0.131. The van der Waals surface area contributed by atoms with Gasteiger partial charge in [0, 0.05) is 48.6 Å². The Kier molecular flexibility index (Phi) is 8.80. The van der Waals surface area contributed by atoms with Crippen LogP contribution in [0.1, 0.15) is 48.9 Å². The summed E-state index contributed by atoms with van der Waals surface area (Å²) in [5.41, 5.74) is 8.36. The van der Waals surface area contributed by atoms with Crippen molar-refractivity contribution in [2.24, 2.45) is 5.92 Å². The van der Waals surface area contributed by atoms with Crippen LogP contribution in [-0.2, 0) is 37.3 Å². The highest BCUT2D eigenvalue weighted by molar-refractivity contribution is 5.94. The largest absolute Gasteiger partial charge is 0.384 e. The van der Waals surface area contributed by atoms with E-state index in [0.717, 1.165) is 96.0 Å². The minimum atomic E-state index is 0.0525. The Morgan fingerprint density at radius 3 is 2.24 bits per heavy atom. The molecule has 4 heterocycles. The van der Waals surface area contributed by atoms with Crippen LogP contribution in [0.25, 0.3) is 21.8 Å². The van der Waals surface area contributed by atoms with Crippen LogP contribution < -0.4 is 21.8 Å². The fourth-order valence-corrected chi connectivity index (χ4v) is 6.09. The lowest BCUT2D eigenvalue weighted by Gasteiger charge is -2.22. The molecule has 0 saturated heterocycles. The minimum absolute atomic E-state index is 0.0525. The van der Waals surface area contributed by atoms with Crippen LogP contribution >= 0.6 is 0 Å². The average Bonchev–Trinajstić information content (AvgIpc) is 2.95. The van der Waals surface area contributed by atoms with Gasteiger partial charge in [-0.25, -0.2) is 0 Å². The first-order valence-corrected chi connectivity index (χ1v) is 14.7. The molecular formula is C33H43N5O3. The highest BCUT2D eigenvalue weighted by atomic mass is 16.5. The number of nitrogens with one attached hydrogen (secondary N) is 3.